The smallest absolute Gasteiger partial charge is 0.459 e. The number of esters is 1. The van der Waals surface area contributed by atoms with Gasteiger partial charge in [-0.1, -0.05) is 35.8 Å². The third-order valence-corrected chi connectivity index (χ3v) is 7.68. The van der Waals surface area contributed by atoms with E-state index in [4.69, 9.17) is 35.7 Å². The van der Waals surface area contributed by atoms with Crippen LogP contribution in [0, 0.1) is 0 Å². The van der Waals surface area contributed by atoms with E-state index in [1.54, 1.807) is 12.1 Å². The number of carbonyl (C=O) groups is 1. The number of aliphatic hydroxyl groups excluding tert-OH is 1. The summed E-state index contributed by atoms with van der Waals surface area (Å²) in [5.41, 5.74) is 5.82. The number of ether oxygens (including phenoxy) is 2. The topological polar surface area (TPSA) is 207 Å². The number of H-pyrrole nitrogens is 1. The minimum absolute atomic E-state index is 0.0198. The first-order valence-corrected chi connectivity index (χ1v) is 13.7. The van der Waals surface area contributed by atoms with E-state index in [0.717, 1.165) is 16.8 Å². The van der Waals surface area contributed by atoms with Crippen molar-refractivity contribution in [1.82, 2.24) is 14.6 Å². The molecule has 0 aliphatic carbocycles. The predicted molar refractivity (Wildman–Crippen MR) is 138 cm³/mol. The van der Waals surface area contributed by atoms with Crippen LogP contribution < -0.4 is 20.9 Å². The lowest BCUT2D eigenvalue weighted by molar-refractivity contribution is -0.145. The summed E-state index contributed by atoms with van der Waals surface area (Å²) in [6.45, 7) is 4.07. The number of benzene rings is 1. The Hall–Kier alpha value is -3.16. The SMILES string of the molecule is CCCOC(=O)[C@H](C)NP(=O)(OC[C@H]1O[C@@H](n2ccc(=O)[nH]c2=O)[C@](C)(N=[N+]=[N-])[C@@H]1O)Oc1ccccc1Cl. The molecule has 39 heavy (non-hydrogen) atoms. The number of hydrogen-bond acceptors (Lipinski definition) is 10. The molecular weight excluding hydrogens is 559 g/mol. The van der Waals surface area contributed by atoms with E-state index in [2.05, 4.69) is 20.1 Å². The number of para-hydroxylation sites is 1. The molecule has 0 saturated carbocycles. The van der Waals surface area contributed by atoms with Gasteiger partial charge in [-0.3, -0.25) is 23.7 Å². The highest BCUT2D eigenvalue weighted by molar-refractivity contribution is 7.52. The van der Waals surface area contributed by atoms with Gasteiger partial charge in [-0.2, -0.15) is 5.09 Å². The number of aromatic nitrogens is 2. The van der Waals surface area contributed by atoms with Crippen molar-refractivity contribution < 1.29 is 33.0 Å². The zero-order valence-electron chi connectivity index (χ0n) is 21.2. The van der Waals surface area contributed by atoms with E-state index in [1.165, 1.54) is 26.0 Å². The third kappa shape index (κ3) is 7.08. The summed E-state index contributed by atoms with van der Waals surface area (Å²) in [4.78, 5) is 41.0. The van der Waals surface area contributed by atoms with E-state index in [0.29, 0.717) is 6.42 Å². The minimum Gasteiger partial charge on any atom is -0.465 e. The van der Waals surface area contributed by atoms with Gasteiger partial charge in [0, 0.05) is 17.2 Å². The molecule has 1 aromatic heterocycles. The largest absolute Gasteiger partial charge is 0.465 e. The molecule has 15 nitrogen and oxygen atoms in total. The highest BCUT2D eigenvalue weighted by atomic mass is 35.5. The van der Waals surface area contributed by atoms with Crippen LogP contribution in [0.1, 0.15) is 33.4 Å². The number of aliphatic hydroxyl groups is 1. The summed E-state index contributed by atoms with van der Waals surface area (Å²) in [5, 5.41) is 17.2. The van der Waals surface area contributed by atoms with Crippen molar-refractivity contribution in [3.05, 3.63) is 72.8 Å². The molecule has 1 aromatic carbocycles. The molecule has 2 heterocycles. The molecule has 1 aliphatic heterocycles. The first kappa shape index (κ1) is 30.4. The van der Waals surface area contributed by atoms with Crippen LogP contribution in [0.2, 0.25) is 5.02 Å². The Balaban J connectivity index is 1.88. The molecule has 212 valence electrons. The van der Waals surface area contributed by atoms with Crippen molar-refractivity contribution in [1.29, 1.82) is 0 Å². The van der Waals surface area contributed by atoms with E-state index in [-0.39, 0.29) is 17.4 Å². The first-order valence-electron chi connectivity index (χ1n) is 11.8. The number of rotatable bonds is 12. The molecule has 2 aromatic rings. The molecule has 3 N–H and O–H groups in total. The standard InChI is InChI=1S/C22H28ClN6O9P/c1-4-11-35-19(32)13(2)26-39(34,38-15-8-6-5-7-14(15)23)36-12-16-18(31)22(3,27-28-24)20(37-16)29-10-9-17(30)25-21(29)33/h5-10,13,16,18,20,31H,4,11-12H2,1-3H3,(H,26,34)(H,25,30,33)/t13-,16+,18+,20+,22+,39?/m0/s1. The average Bonchev–Trinajstić information content (AvgIpc) is 3.12. The zero-order valence-corrected chi connectivity index (χ0v) is 22.9. The maximum absolute atomic E-state index is 13.8. The lowest BCUT2D eigenvalue weighted by Gasteiger charge is -2.28. The lowest BCUT2D eigenvalue weighted by Crippen LogP contribution is -2.45. The highest BCUT2D eigenvalue weighted by Crippen LogP contribution is 2.48. The van der Waals surface area contributed by atoms with E-state index >= 15 is 0 Å². The fourth-order valence-electron chi connectivity index (χ4n) is 3.72. The summed E-state index contributed by atoms with van der Waals surface area (Å²) in [5.74, 6) is -0.734. The van der Waals surface area contributed by atoms with Crippen LogP contribution in [0.3, 0.4) is 0 Å². The van der Waals surface area contributed by atoms with Gasteiger partial charge in [-0.05, 0) is 37.9 Å². The first-order chi connectivity index (χ1) is 18.4. The Kier molecular flexibility index (Phi) is 9.97. The summed E-state index contributed by atoms with van der Waals surface area (Å²) < 4.78 is 36.7. The van der Waals surface area contributed by atoms with Gasteiger partial charge in [0.1, 0.15) is 23.4 Å². The van der Waals surface area contributed by atoms with Gasteiger partial charge in [0.15, 0.2) is 6.23 Å². The molecule has 6 atom stereocenters. The Morgan fingerprint density at radius 2 is 2.13 bits per heavy atom. The summed E-state index contributed by atoms with van der Waals surface area (Å²) in [6, 6.07) is 6.02. The second-order valence-corrected chi connectivity index (χ2v) is 10.8. The molecule has 0 amide bonds. The Morgan fingerprint density at radius 3 is 2.77 bits per heavy atom. The van der Waals surface area contributed by atoms with Crippen LogP contribution in [-0.2, 0) is 23.4 Å². The van der Waals surface area contributed by atoms with Crippen molar-refractivity contribution in [2.45, 2.75) is 57.2 Å². The summed E-state index contributed by atoms with van der Waals surface area (Å²) in [7, 11) is -4.40. The Bertz CT molecular complexity index is 1400. The predicted octanol–water partition coefficient (Wildman–Crippen LogP) is 2.65. The fourth-order valence-corrected chi connectivity index (χ4v) is 5.47. The Morgan fingerprint density at radius 1 is 1.41 bits per heavy atom. The number of azide groups is 1. The van der Waals surface area contributed by atoms with Gasteiger partial charge in [-0.25, -0.2) is 9.36 Å². The van der Waals surface area contributed by atoms with Crippen molar-refractivity contribution in [3.63, 3.8) is 0 Å². The maximum Gasteiger partial charge on any atom is 0.459 e. The minimum atomic E-state index is -4.40. The summed E-state index contributed by atoms with van der Waals surface area (Å²) in [6.07, 6.45) is -2.57. The average molecular weight is 587 g/mol. The van der Waals surface area contributed by atoms with Gasteiger partial charge < -0.3 is 19.1 Å². The number of halogens is 1. The zero-order chi connectivity index (χ0) is 28.8. The fraction of sp³-hybridized carbons (Fsp3) is 0.500. The van der Waals surface area contributed by atoms with E-state index in [1.807, 2.05) is 6.92 Å². The molecule has 1 aliphatic rings. The quantitative estimate of drug-likeness (QED) is 0.109. The van der Waals surface area contributed by atoms with Gasteiger partial charge in [-0.15, -0.1) is 0 Å². The highest BCUT2D eigenvalue weighted by Gasteiger charge is 2.55. The number of nitrogens with zero attached hydrogens (tertiary/aromatic N) is 4. The number of carbonyl (C=O) groups excluding carboxylic acids is 1. The second kappa shape index (κ2) is 12.8. The van der Waals surface area contributed by atoms with Gasteiger partial charge in [0.25, 0.3) is 5.56 Å². The van der Waals surface area contributed by atoms with Crippen LogP contribution in [0.5, 0.6) is 5.75 Å². The van der Waals surface area contributed by atoms with Crippen LogP contribution >= 0.6 is 19.3 Å². The van der Waals surface area contributed by atoms with E-state index < -0.39 is 61.6 Å². The van der Waals surface area contributed by atoms with Crippen LogP contribution in [0.15, 0.2) is 51.2 Å². The monoisotopic (exact) mass is 586 g/mol. The van der Waals surface area contributed by atoms with Gasteiger partial charge in [0.05, 0.1) is 24.3 Å². The van der Waals surface area contributed by atoms with Crippen LogP contribution in [0.4, 0.5) is 0 Å². The van der Waals surface area contributed by atoms with Crippen molar-refractivity contribution in [2.75, 3.05) is 13.2 Å². The number of nitrogens with one attached hydrogen (secondary N) is 2. The normalized spacial score (nSPS) is 24.8. The molecule has 3 rings (SSSR count). The van der Waals surface area contributed by atoms with Crippen LogP contribution in [0.25, 0.3) is 10.4 Å². The lowest BCUT2D eigenvalue weighted by atomic mass is 9.93. The molecule has 1 saturated heterocycles. The van der Waals surface area contributed by atoms with E-state index in [9.17, 15) is 24.1 Å². The second-order valence-electron chi connectivity index (χ2n) is 8.74. The Labute approximate surface area is 227 Å². The van der Waals surface area contributed by atoms with Gasteiger partial charge >= 0.3 is 19.4 Å². The molecule has 0 bridgehead atoms. The maximum atomic E-state index is 13.8. The van der Waals surface area contributed by atoms with Crippen molar-refractivity contribution >= 4 is 25.3 Å². The van der Waals surface area contributed by atoms with Gasteiger partial charge in [0.2, 0.25) is 0 Å². The van der Waals surface area contributed by atoms with Crippen LogP contribution in [-0.4, -0.2) is 57.6 Å². The molecule has 17 heteroatoms. The number of hydrogen-bond donors (Lipinski definition) is 3. The van der Waals surface area contributed by atoms with Crippen molar-refractivity contribution in [2.24, 2.45) is 5.11 Å². The number of aromatic amines is 1. The molecule has 0 spiro atoms. The molecular formula is C22H28ClN6O9P. The molecule has 0 radical (unpaired) electrons. The molecule has 1 fully saturated rings. The van der Waals surface area contributed by atoms with Crippen molar-refractivity contribution in [3.8, 4) is 5.75 Å². The molecule has 1 unspecified atom stereocenters. The third-order valence-electron chi connectivity index (χ3n) is 5.74. The summed E-state index contributed by atoms with van der Waals surface area (Å²) >= 11 is 6.14.